The summed E-state index contributed by atoms with van der Waals surface area (Å²) in [5, 5.41) is 6.72. The molecule has 3 aliphatic rings. The highest BCUT2D eigenvalue weighted by Crippen LogP contribution is 2.29. The summed E-state index contributed by atoms with van der Waals surface area (Å²) in [6.07, 6.45) is 9.27. The predicted molar refractivity (Wildman–Crippen MR) is 159 cm³/mol. The molecule has 0 spiro atoms. The van der Waals surface area contributed by atoms with Crippen LogP contribution in [0.1, 0.15) is 82.9 Å². The fourth-order valence-corrected chi connectivity index (χ4v) is 6.24. The fourth-order valence-electron chi connectivity index (χ4n) is 6.24. The van der Waals surface area contributed by atoms with E-state index in [1.807, 2.05) is 6.20 Å². The van der Waals surface area contributed by atoms with Gasteiger partial charge in [-0.15, -0.1) is 0 Å². The Kier molecular flexibility index (Phi) is 10.5. The minimum absolute atomic E-state index is 0.0297. The zero-order chi connectivity index (χ0) is 28.7. The maximum Gasteiger partial charge on any atom is 0.246 e. The monoisotopic (exact) mass is 553 g/mol. The van der Waals surface area contributed by atoms with E-state index in [1.165, 1.54) is 24.8 Å². The molecular weight excluding hydrogens is 502 g/mol. The number of carbonyl (C=O) groups excluding carboxylic acids is 2. The van der Waals surface area contributed by atoms with Crippen molar-refractivity contribution in [2.75, 3.05) is 39.4 Å². The van der Waals surface area contributed by atoms with E-state index in [9.17, 15) is 9.59 Å². The number of rotatable bonds is 9. The molecule has 0 aromatic heterocycles. The Labute approximate surface area is 241 Å². The minimum Gasteiger partial charge on any atom is -0.401 e. The molecule has 3 atom stereocenters. The van der Waals surface area contributed by atoms with Gasteiger partial charge in [-0.3, -0.25) is 14.5 Å². The summed E-state index contributed by atoms with van der Waals surface area (Å²) >= 11 is 0. The lowest BCUT2D eigenvalue weighted by Crippen LogP contribution is -2.56. The number of aryl methyl sites for hydroxylation is 1. The smallest absolute Gasteiger partial charge is 0.246 e. The van der Waals surface area contributed by atoms with Gasteiger partial charge in [-0.25, -0.2) is 0 Å². The van der Waals surface area contributed by atoms with Crippen molar-refractivity contribution >= 4 is 11.8 Å². The van der Waals surface area contributed by atoms with Crippen molar-refractivity contribution in [2.24, 2.45) is 17.1 Å². The first-order valence-corrected chi connectivity index (χ1v) is 15.3. The van der Waals surface area contributed by atoms with E-state index in [0.717, 1.165) is 50.2 Å². The number of likely N-dealkylation sites (tertiary alicyclic amines) is 1. The van der Waals surface area contributed by atoms with Gasteiger partial charge in [0.1, 0.15) is 12.1 Å². The first-order valence-electron chi connectivity index (χ1n) is 15.3. The molecule has 1 aliphatic carbocycles. The van der Waals surface area contributed by atoms with Gasteiger partial charge in [0, 0.05) is 38.1 Å². The third-order valence-corrected chi connectivity index (χ3v) is 8.79. The van der Waals surface area contributed by atoms with E-state index >= 15 is 0 Å². The molecule has 222 valence electrons. The molecule has 2 heterocycles. The second-order valence-electron chi connectivity index (χ2n) is 13.0. The SMILES string of the molecule is Cc1ccc(C(CN2CCOCC2)NC(=O)C2CCCN2C(=O)C(N/C=C(\N)C2CCCCC2)C(C)(C)C)cc1. The van der Waals surface area contributed by atoms with Gasteiger partial charge >= 0.3 is 0 Å². The zero-order valence-electron chi connectivity index (χ0n) is 25.1. The largest absolute Gasteiger partial charge is 0.401 e. The normalized spacial score (nSPS) is 23.1. The summed E-state index contributed by atoms with van der Waals surface area (Å²) < 4.78 is 5.53. The number of nitrogens with zero attached hydrogens (tertiary/aromatic N) is 2. The number of allylic oxidation sites excluding steroid dienone is 1. The first-order chi connectivity index (χ1) is 19.1. The number of morpholine rings is 1. The fraction of sp³-hybridized carbons (Fsp3) is 0.688. The summed E-state index contributed by atoms with van der Waals surface area (Å²) in [4.78, 5) is 31.9. The van der Waals surface area contributed by atoms with Crippen LogP contribution in [0.2, 0.25) is 0 Å². The third kappa shape index (κ3) is 8.00. The van der Waals surface area contributed by atoms with E-state index in [1.54, 1.807) is 4.90 Å². The van der Waals surface area contributed by atoms with Crippen molar-refractivity contribution in [3.63, 3.8) is 0 Å². The van der Waals surface area contributed by atoms with Crippen LogP contribution in [-0.4, -0.2) is 73.1 Å². The zero-order valence-corrected chi connectivity index (χ0v) is 25.1. The summed E-state index contributed by atoms with van der Waals surface area (Å²) in [6.45, 7) is 12.7. The molecule has 1 aromatic rings. The van der Waals surface area contributed by atoms with Gasteiger partial charge in [0.2, 0.25) is 11.8 Å². The number of ether oxygens (including phenoxy) is 1. The Morgan fingerprint density at radius 1 is 1.02 bits per heavy atom. The van der Waals surface area contributed by atoms with Crippen molar-refractivity contribution < 1.29 is 14.3 Å². The first kappa shape index (κ1) is 30.4. The number of carbonyl (C=O) groups is 2. The average molecular weight is 554 g/mol. The second kappa shape index (κ2) is 13.9. The highest BCUT2D eigenvalue weighted by Gasteiger charge is 2.41. The molecule has 1 aromatic carbocycles. The third-order valence-electron chi connectivity index (χ3n) is 8.79. The van der Waals surface area contributed by atoms with Crippen LogP contribution in [0.5, 0.6) is 0 Å². The molecule has 4 N–H and O–H groups in total. The summed E-state index contributed by atoms with van der Waals surface area (Å²) in [5.74, 6) is 0.278. The van der Waals surface area contributed by atoms with E-state index in [2.05, 4.69) is 67.5 Å². The summed E-state index contributed by atoms with van der Waals surface area (Å²) in [5.41, 5.74) is 9.22. The molecule has 2 aliphatic heterocycles. The van der Waals surface area contributed by atoms with Crippen molar-refractivity contribution in [3.05, 3.63) is 47.3 Å². The van der Waals surface area contributed by atoms with Crippen molar-refractivity contribution in [1.29, 1.82) is 0 Å². The predicted octanol–water partition coefficient (Wildman–Crippen LogP) is 3.86. The van der Waals surface area contributed by atoms with Crippen molar-refractivity contribution in [2.45, 2.75) is 90.8 Å². The number of amides is 2. The van der Waals surface area contributed by atoms with Gasteiger partial charge in [0.25, 0.3) is 0 Å². The number of benzene rings is 1. The molecule has 0 radical (unpaired) electrons. The number of hydrogen-bond acceptors (Lipinski definition) is 6. The van der Waals surface area contributed by atoms with Crippen LogP contribution in [0.25, 0.3) is 0 Å². The van der Waals surface area contributed by atoms with E-state index in [0.29, 0.717) is 32.1 Å². The van der Waals surface area contributed by atoms with Crippen LogP contribution in [0, 0.1) is 18.3 Å². The molecule has 2 amide bonds. The second-order valence-corrected chi connectivity index (χ2v) is 13.0. The van der Waals surface area contributed by atoms with Crippen LogP contribution >= 0.6 is 0 Å². The highest BCUT2D eigenvalue weighted by molar-refractivity contribution is 5.91. The molecule has 3 fully saturated rings. The molecule has 2 saturated heterocycles. The lowest BCUT2D eigenvalue weighted by atomic mass is 9.85. The highest BCUT2D eigenvalue weighted by atomic mass is 16.5. The molecule has 0 bridgehead atoms. The molecule has 40 heavy (non-hydrogen) atoms. The maximum atomic E-state index is 14.0. The lowest BCUT2D eigenvalue weighted by molar-refractivity contribution is -0.142. The average Bonchev–Trinajstić information content (AvgIpc) is 3.44. The number of nitrogens with two attached hydrogens (primary N) is 1. The molecular formula is C32H51N5O3. The van der Waals surface area contributed by atoms with Crippen LogP contribution in [0.3, 0.4) is 0 Å². The Morgan fingerprint density at radius 2 is 1.70 bits per heavy atom. The topological polar surface area (TPSA) is 99.9 Å². The van der Waals surface area contributed by atoms with Gasteiger partial charge in [-0.2, -0.15) is 0 Å². The van der Waals surface area contributed by atoms with Crippen molar-refractivity contribution in [1.82, 2.24) is 20.4 Å². The van der Waals surface area contributed by atoms with Gasteiger partial charge in [0.15, 0.2) is 0 Å². The molecule has 1 saturated carbocycles. The van der Waals surface area contributed by atoms with Crippen LogP contribution in [0.4, 0.5) is 0 Å². The molecule has 8 heteroatoms. The van der Waals surface area contributed by atoms with E-state index in [-0.39, 0.29) is 23.3 Å². The maximum absolute atomic E-state index is 14.0. The van der Waals surface area contributed by atoms with Crippen molar-refractivity contribution in [3.8, 4) is 0 Å². The van der Waals surface area contributed by atoms with Gasteiger partial charge < -0.3 is 26.0 Å². The van der Waals surface area contributed by atoms with E-state index in [4.69, 9.17) is 10.5 Å². The molecule has 8 nitrogen and oxygen atoms in total. The van der Waals surface area contributed by atoms with Gasteiger partial charge in [-0.1, -0.05) is 69.9 Å². The summed E-state index contributed by atoms with van der Waals surface area (Å²) in [6, 6.07) is 7.28. The molecule has 4 rings (SSSR count). The van der Waals surface area contributed by atoms with Crippen LogP contribution in [0.15, 0.2) is 36.2 Å². The lowest BCUT2D eigenvalue weighted by Gasteiger charge is -2.36. The standard InChI is InChI=1S/C32H51N5O3/c1-23-12-14-25(15-13-23)27(22-36-17-19-40-20-18-36)35-30(38)28-11-8-16-37(28)31(39)29(32(2,3)4)34-21-26(33)24-9-6-5-7-10-24/h12-15,21,24,27-29,34H,5-11,16-20,22,33H2,1-4H3,(H,35,38)/b26-21-. The van der Waals surface area contributed by atoms with Crippen LogP contribution in [-0.2, 0) is 14.3 Å². The quantitative estimate of drug-likeness (QED) is 0.430. The van der Waals surface area contributed by atoms with Gasteiger partial charge in [0.05, 0.1) is 19.3 Å². The Balaban J connectivity index is 1.47. The van der Waals surface area contributed by atoms with E-state index < -0.39 is 12.1 Å². The number of hydrogen-bond donors (Lipinski definition) is 3. The van der Waals surface area contributed by atoms with Crippen LogP contribution < -0.4 is 16.4 Å². The Bertz CT molecular complexity index is 1010. The Morgan fingerprint density at radius 3 is 2.35 bits per heavy atom. The minimum atomic E-state index is -0.476. The molecule has 3 unspecified atom stereocenters. The number of nitrogens with one attached hydrogen (secondary N) is 2. The summed E-state index contributed by atoms with van der Waals surface area (Å²) in [7, 11) is 0. The Hall–Kier alpha value is -2.58. The van der Waals surface area contributed by atoms with Gasteiger partial charge in [-0.05, 0) is 49.5 Å².